The number of hydrogen-bond acceptors (Lipinski definition) is 1. The Hall–Kier alpha value is -0.530. The zero-order valence-electron chi connectivity index (χ0n) is 10.1. The minimum absolute atomic E-state index is 0.394. The van der Waals surface area contributed by atoms with Gasteiger partial charge in [-0.2, -0.15) is 0 Å². The largest absolute Gasteiger partial charge is 0.360 e. The van der Waals surface area contributed by atoms with Crippen molar-refractivity contribution in [2.45, 2.75) is 46.0 Å². The van der Waals surface area contributed by atoms with E-state index in [0.717, 1.165) is 24.2 Å². The first kappa shape index (κ1) is 11.0. The van der Waals surface area contributed by atoms with Crippen molar-refractivity contribution in [1.29, 1.82) is 5.41 Å². The number of nitrogens with one attached hydrogen (secondary N) is 1. The summed E-state index contributed by atoms with van der Waals surface area (Å²) in [6.07, 6.45) is 7.06. The normalized spacial score (nSPS) is 31.5. The van der Waals surface area contributed by atoms with E-state index in [1.54, 1.807) is 0 Å². The van der Waals surface area contributed by atoms with Crippen molar-refractivity contribution in [2.24, 2.45) is 17.8 Å². The van der Waals surface area contributed by atoms with Gasteiger partial charge in [-0.1, -0.05) is 33.1 Å². The van der Waals surface area contributed by atoms with Crippen molar-refractivity contribution in [3.05, 3.63) is 0 Å². The molecule has 0 amide bonds. The molecule has 2 heteroatoms. The number of nitrogens with zero attached hydrogens (tertiary/aromatic N) is 1. The van der Waals surface area contributed by atoms with Crippen LogP contribution in [0.4, 0.5) is 0 Å². The van der Waals surface area contributed by atoms with Gasteiger partial charge in [0.25, 0.3) is 0 Å². The average molecular weight is 208 g/mol. The standard InChI is InChI=1S/C13H24N2/c1-10(2)13(14)15-8-7-11-5-3-4-6-12(11)9-15/h10-12,14H,3-9H2,1-2H3. The van der Waals surface area contributed by atoms with Crippen LogP contribution in [0.1, 0.15) is 46.0 Å². The number of amidine groups is 1. The first-order valence-corrected chi connectivity index (χ1v) is 6.52. The highest BCUT2D eigenvalue weighted by Crippen LogP contribution is 2.36. The zero-order chi connectivity index (χ0) is 10.8. The molecule has 86 valence electrons. The summed E-state index contributed by atoms with van der Waals surface area (Å²) in [5.41, 5.74) is 0. The number of fused-ring (bicyclic) bond motifs is 1. The first-order valence-electron chi connectivity index (χ1n) is 6.52. The van der Waals surface area contributed by atoms with E-state index in [0.29, 0.717) is 5.92 Å². The van der Waals surface area contributed by atoms with Crippen LogP contribution in [0, 0.1) is 23.2 Å². The summed E-state index contributed by atoms with van der Waals surface area (Å²) in [6.45, 7) is 6.57. The van der Waals surface area contributed by atoms with Crippen molar-refractivity contribution in [3.8, 4) is 0 Å². The second kappa shape index (κ2) is 4.54. The second-order valence-electron chi connectivity index (χ2n) is 5.58. The minimum atomic E-state index is 0.394. The lowest BCUT2D eigenvalue weighted by molar-refractivity contribution is 0.127. The molecule has 2 fully saturated rings. The van der Waals surface area contributed by atoms with Crippen LogP contribution in [-0.2, 0) is 0 Å². The van der Waals surface area contributed by atoms with E-state index < -0.39 is 0 Å². The molecule has 0 spiro atoms. The van der Waals surface area contributed by atoms with E-state index in [1.807, 2.05) is 0 Å². The van der Waals surface area contributed by atoms with E-state index in [1.165, 1.54) is 38.6 Å². The van der Waals surface area contributed by atoms with E-state index in [4.69, 9.17) is 5.41 Å². The maximum atomic E-state index is 8.07. The third-order valence-corrected chi connectivity index (χ3v) is 4.18. The van der Waals surface area contributed by atoms with E-state index in [9.17, 15) is 0 Å². The highest BCUT2D eigenvalue weighted by molar-refractivity contribution is 5.81. The molecule has 15 heavy (non-hydrogen) atoms. The van der Waals surface area contributed by atoms with Gasteiger partial charge in [-0.25, -0.2) is 0 Å². The summed E-state index contributed by atoms with van der Waals surface area (Å²) in [5, 5.41) is 8.07. The lowest BCUT2D eigenvalue weighted by Crippen LogP contribution is -2.45. The zero-order valence-corrected chi connectivity index (χ0v) is 10.1. The molecule has 0 radical (unpaired) electrons. The fraction of sp³-hybridized carbons (Fsp3) is 0.923. The maximum absolute atomic E-state index is 8.07. The Balaban J connectivity index is 1.93. The predicted molar refractivity (Wildman–Crippen MR) is 64.2 cm³/mol. The van der Waals surface area contributed by atoms with Crippen molar-refractivity contribution < 1.29 is 0 Å². The smallest absolute Gasteiger partial charge is 0.0983 e. The summed E-state index contributed by atoms with van der Waals surface area (Å²) in [6, 6.07) is 0. The number of rotatable bonds is 1. The summed E-state index contributed by atoms with van der Waals surface area (Å²) >= 11 is 0. The molecular formula is C13H24N2. The van der Waals surface area contributed by atoms with Crippen LogP contribution in [-0.4, -0.2) is 23.8 Å². The first-order chi connectivity index (χ1) is 7.18. The molecule has 1 heterocycles. The van der Waals surface area contributed by atoms with Crippen LogP contribution >= 0.6 is 0 Å². The van der Waals surface area contributed by atoms with Gasteiger partial charge in [0.05, 0.1) is 5.84 Å². The van der Waals surface area contributed by atoms with Crippen LogP contribution in [0.15, 0.2) is 0 Å². The van der Waals surface area contributed by atoms with Gasteiger partial charge in [0.1, 0.15) is 0 Å². The highest BCUT2D eigenvalue weighted by atomic mass is 15.2. The molecule has 0 bridgehead atoms. The van der Waals surface area contributed by atoms with Gasteiger partial charge in [0.2, 0.25) is 0 Å². The predicted octanol–water partition coefficient (Wildman–Crippen LogP) is 3.13. The molecule has 1 saturated heterocycles. The average Bonchev–Trinajstić information content (AvgIpc) is 2.27. The van der Waals surface area contributed by atoms with E-state index in [-0.39, 0.29) is 0 Å². The molecule has 1 aliphatic carbocycles. The molecule has 0 aromatic carbocycles. The summed E-state index contributed by atoms with van der Waals surface area (Å²) in [4.78, 5) is 2.33. The Morgan fingerprint density at radius 3 is 2.47 bits per heavy atom. The Morgan fingerprint density at radius 2 is 1.80 bits per heavy atom. The maximum Gasteiger partial charge on any atom is 0.0983 e. The number of piperidine rings is 1. The van der Waals surface area contributed by atoms with Crippen LogP contribution in [0.3, 0.4) is 0 Å². The molecule has 1 saturated carbocycles. The third-order valence-electron chi connectivity index (χ3n) is 4.18. The van der Waals surface area contributed by atoms with Gasteiger partial charge in [-0.15, -0.1) is 0 Å². The number of hydrogen-bond donors (Lipinski definition) is 1. The fourth-order valence-electron chi connectivity index (χ4n) is 3.18. The molecule has 1 N–H and O–H groups in total. The van der Waals surface area contributed by atoms with Crippen LogP contribution in [0.25, 0.3) is 0 Å². The van der Waals surface area contributed by atoms with Gasteiger partial charge in [-0.3, -0.25) is 5.41 Å². The van der Waals surface area contributed by atoms with E-state index in [2.05, 4.69) is 18.7 Å². The van der Waals surface area contributed by atoms with Gasteiger partial charge < -0.3 is 4.90 Å². The van der Waals surface area contributed by atoms with Gasteiger partial charge in [0, 0.05) is 19.0 Å². The number of likely N-dealkylation sites (tertiary alicyclic amines) is 1. The summed E-state index contributed by atoms with van der Waals surface area (Å²) < 4.78 is 0. The molecule has 1 aliphatic heterocycles. The molecule has 0 aromatic rings. The quantitative estimate of drug-likeness (QED) is 0.520. The Labute approximate surface area is 93.6 Å². The van der Waals surface area contributed by atoms with Crippen LogP contribution in [0.5, 0.6) is 0 Å². The Kier molecular flexibility index (Phi) is 3.32. The monoisotopic (exact) mass is 208 g/mol. The Morgan fingerprint density at radius 1 is 1.13 bits per heavy atom. The van der Waals surface area contributed by atoms with Gasteiger partial charge >= 0.3 is 0 Å². The van der Waals surface area contributed by atoms with Crippen LogP contribution < -0.4 is 0 Å². The van der Waals surface area contributed by atoms with Crippen LogP contribution in [0.2, 0.25) is 0 Å². The van der Waals surface area contributed by atoms with Gasteiger partial charge in [0.15, 0.2) is 0 Å². The minimum Gasteiger partial charge on any atom is -0.360 e. The van der Waals surface area contributed by atoms with Crippen molar-refractivity contribution >= 4 is 5.84 Å². The van der Waals surface area contributed by atoms with Crippen molar-refractivity contribution in [2.75, 3.05) is 13.1 Å². The molecule has 2 atom stereocenters. The third kappa shape index (κ3) is 2.35. The highest BCUT2D eigenvalue weighted by Gasteiger charge is 2.32. The molecule has 0 aromatic heterocycles. The summed E-state index contributed by atoms with van der Waals surface area (Å²) in [5.74, 6) is 3.13. The SMILES string of the molecule is CC(C)C(=N)N1CCC2CCCCC2C1. The fourth-order valence-corrected chi connectivity index (χ4v) is 3.18. The molecule has 2 unspecified atom stereocenters. The molecular weight excluding hydrogens is 184 g/mol. The van der Waals surface area contributed by atoms with Crippen molar-refractivity contribution in [1.82, 2.24) is 4.90 Å². The van der Waals surface area contributed by atoms with Crippen molar-refractivity contribution in [3.63, 3.8) is 0 Å². The molecule has 2 aliphatic rings. The van der Waals surface area contributed by atoms with Gasteiger partial charge in [-0.05, 0) is 24.7 Å². The molecule has 2 rings (SSSR count). The molecule has 2 nitrogen and oxygen atoms in total. The Bertz CT molecular complexity index is 235. The second-order valence-corrected chi connectivity index (χ2v) is 5.58. The van der Waals surface area contributed by atoms with E-state index >= 15 is 0 Å². The summed E-state index contributed by atoms with van der Waals surface area (Å²) in [7, 11) is 0. The lowest BCUT2D eigenvalue weighted by atomic mass is 9.75. The topological polar surface area (TPSA) is 27.1 Å². The lowest BCUT2D eigenvalue weighted by Gasteiger charge is -2.43.